The van der Waals surface area contributed by atoms with Crippen molar-refractivity contribution in [3.63, 3.8) is 0 Å². The van der Waals surface area contributed by atoms with Crippen LogP contribution in [0, 0.1) is 0 Å². The van der Waals surface area contributed by atoms with Crippen molar-refractivity contribution < 1.29 is 0 Å². The Balaban J connectivity index is 2.48. The summed E-state index contributed by atoms with van der Waals surface area (Å²) in [7, 11) is 0. The molecule has 0 amide bonds. The molecule has 0 unspecified atom stereocenters. The van der Waals surface area contributed by atoms with Crippen molar-refractivity contribution in [1.29, 1.82) is 0 Å². The van der Waals surface area contributed by atoms with Crippen molar-refractivity contribution >= 4 is 17.6 Å². The van der Waals surface area contributed by atoms with Gasteiger partial charge >= 0.3 is 0 Å². The number of hydrogen-bond acceptors (Lipinski definition) is 4. The lowest BCUT2D eigenvalue weighted by molar-refractivity contribution is 0.719. The number of nitrogens with zero attached hydrogens (tertiary/aromatic N) is 2. The van der Waals surface area contributed by atoms with E-state index >= 15 is 0 Å². The minimum absolute atomic E-state index is 0.0567. The van der Waals surface area contributed by atoms with Gasteiger partial charge in [0.05, 0.1) is 0 Å². The molecule has 0 saturated carbocycles. The first-order valence-corrected chi connectivity index (χ1v) is 6.43. The molecule has 0 radical (unpaired) electrons. The number of hydrogen-bond donors (Lipinski definition) is 1. The largest absolute Gasteiger partial charge is 0.365 e. The highest BCUT2D eigenvalue weighted by Gasteiger charge is 2.01. The molecule has 5 heteroatoms. The van der Waals surface area contributed by atoms with Gasteiger partial charge in [0.15, 0.2) is 5.82 Å². The Hall–Kier alpha value is -1.23. The van der Waals surface area contributed by atoms with Gasteiger partial charge in [0.1, 0.15) is 0 Å². The molecule has 88 valence electrons. The lowest BCUT2D eigenvalue weighted by Gasteiger charge is -2.06. The summed E-state index contributed by atoms with van der Waals surface area (Å²) in [4.78, 5) is 15.8. The van der Waals surface area contributed by atoms with Gasteiger partial charge in [-0.1, -0.05) is 6.08 Å². The monoisotopic (exact) mass is 239 g/mol. The fraction of sp³-hybridized carbons (Fsp3) is 0.455. The second-order valence-corrected chi connectivity index (χ2v) is 4.31. The van der Waals surface area contributed by atoms with E-state index in [1.807, 2.05) is 13.0 Å². The molecule has 0 aliphatic rings. The Kier molecular flexibility index (Phi) is 5.71. The van der Waals surface area contributed by atoms with E-state index in [4.69, 9.17) is 0 Å². The number of aryl methyl sites for hydroxylation is 1. The average Bonchev–Trinajstić information content (AvgIpc) is 2.31. The minimum atomic E-state index is -0.0567. The highest BCUT2D eigenvalue weighted by Crippen LogP contribution is 1.99. The van der Waals surface area contributed by atoms with Crippen molar-refractivity contribution in [2.45, 2.75) is 13.5 Å². The smallest absolute Gasteiger partial charge is 0.293 e. The van der Waals surface area contributed by atoms with Gasteiger partial charge in [-0.05, 0) is 6.92 Å². The molecule has 0 fully saturated rings. The van der Waals surface area contributed by atoms with Gasteiger partial charge in [-0.25, -0.2) is 4.98 Å². The Bertz CT molecular complexity index is 389. The predicted octanol–water partition coefficient (Wildman–Crippen LogP) is 1.59. The van der Waals surface area contributed by atoms with E-state index < -0.39 is 0 Å². The number of anilines is 1. The van der Waals surface area contributed by atoms with E-state index in [2.05, 4.69) is 16.9 Å². The van der Waals surface area contributed by atoms with Crippen LogP contribution >= 0.6 is 11.8 Å². The molecule has 4 nitrogen and oxygen atoms in total. The van der Waals surface area contributed by atoms with Crippen molar-refractivity contribution in [2.24, 2.45) is 0 Å². The van der Waals surface area contributed by atoms with Crippen LogP contribution in [0.15, 0.2) is 29.8 Å². The molecule has 1 heterocycles. The van der Waals surface area contributed by atoms with Crippen LogP contribution < -0.4 is 10.9 Å². The first-order chi connectivity index (χ1) is 7.79. The number of aromatic nitrogens is 2. The van der Waals surface area contributed by atoms with Gasteiger partial charge in [-0.3, -0.25) is 4.79 Å². The van der Waals surface area contributed by atoms with Crippen LogP contribution in [0.1, 0.15) is 6.92 Å². The van der Waals surface area contributed by atoms with Crippen molar-refractivity contribution in [3.05, 3.63) is 35.4 Å². The molecule has 0 spiro atoms. The van der Waals surface area contributed by atoms with Gasteiger partial charge in [-0.15, -0.1) is 6.58 Å². The summed E-state index contributed by atoms with van der Waals surface area (Å²) < 4.78 is 1.63. The topological polar surface area (TPSA) is 46.9 Å². The van der Waals surface area contributed by atoms with Gasteiger partial charge < -0.3 is 9.88 Å². The van der Waals surface area contributed by atoms with Crippen molar-refractivity contribution in [2.75, 3.05) is 23.4 Å². The van der Waals surface area contributed by atoms with Crippen LogP contribution in [0.4, 0.5) is 5.82 Å². The Labute approximate surface area is 99.8 Å². The standard InChI is InChI=1S/C11H17N3OS/c1-3-8-16-9-6-13-10-11(15)14(4-2)7-5-12-10/h3,5,7H,1,4,6,8-9H2,2H3,(H,12,13). The number of rotatable bonds is 7. The van der Waals surface area contributed by atoms with Crippen molar-refractivity contribution in [3.8, 4) is 0 Å². The molecule has 16 heavy (non-hydrogen) atoms. The molecule has 0 atom stereocenters. The van der Waals surface area contributed by atoms with Crippen LogP contribution in [-0.2, 0) is 6.54 Å². The molecule has 0 saturated heterocycles. The molecule has 0 aliphatic heterocycles. The summed E-state index contributed by atoms with van der Waals surface area (Å²) >= 11 is 1.77. The zero-order valence-corrected chi connectivity index (χ0v) is 10.3. The second kappa shape index (κ2) is 7.11. The highest BCUT2D eigenvalue weighted by atomic mass is 32.2. The van der Waals surface area contributed by atoms with Gasteiger partial charge in [0.25, 0.3) is 5.56 Å². The SMILES string of the molecule is C=CCSCCNc1nccn(CC)c1=O. The summed E-state index contributed by atoms with van der Waals surface area (Å²) in [6.45, 7) is 6.99. The first-order valence-electron chi connectivity index (χ1n) is 5.27. The maximum atomic E-state index is 11.7. The normalized spacial score (nSPS) is 10.1. The number of nitrogens with one attached hydrogen (secondary N) is 1. The van der Waals surface area contributed by atoms with Gasteiger partial charge in [0.2, 0.25) is 0 Å². The molecule has 1 aromatic heterocycles. The maximum absolute atomic E-state index is 11.7. The van der Waals surface area contributed by atoms with Crippen LogP contribution in [-0.4, -0.2) is 27.6 Å². The van der Waals surface area contributed by atoms with Crippen LogP contribution in [0.25, 0.3) is 0 Å². The lowest BCUT2D eigenvalue weighted by atomic mass is 10.5. The van der Waals surface area contributed by atoms with Gasteiger partial charge in [-0.2, -0.15) is 11.8 Å². The van der Waals surface area contributed by atoms with E-state index in [1.165, 1.54) is 0 Å². The zero-order chi connectivity index (χ0) is 11.8. The van der Waals surface area contributed by atoms with E-state index in [9.17, 15) is 4.79 Å². The second-order valence-electron chi connectivity index (χ2n) is 3.16. The Morgan fingerprint density at radius 2 is 2.50 bits per heavy atom. The predicted molar refractivity (Wildman–Crippen MR) is 70.2 cm³/mol. The lowest BCUT2D eigenvalue weighted by Crippen LogP contribution is -2.24. The molecule has 0 aliphatic carbocycles. The summed E-state index contributed by atoms with van der Waals surface area (Å²) in [5.74, 6) is 2.31. The van der Waals surface area contributed by atoms with E-state index in [1.54, 1.807) is 28.7 Å². The molecule has 0 aromatic carbocycles. The molecular formula is C11H17N3OS. The van der Waals surface area contributed by atoms with Crippen LogP contribution in [0.5, 0.6) is 0 Å². The molecule has 1 aromatic rings. The summed E-state index contributed by atoms with van der Waals surface area (Å²) in [5, 5.41) is 3.05. The van der Waals surface area contributed by atoms with Gasteiger partial charge in [0, 0.05) is 37.0 Å². The number of thioether (sulfide) groups is 1. The summed E-state index contributed by atoms with van der Waals surface area (Å²) in [5.41, 5.74) is -0.0567. The third kappa shape index (κ3) is 3.73. The van der Waals surface area contributed by atoms with E-state index in [0.29, 0.717) is 12.4 Å². The Morgan fingerprint density at radius 3 is 3.19 bits per heavy atom. The molecular weight excluding hydrogens is 222 g/mol. The third-order valence-electron chi connectivity index (χ3n) is 2.03. The Morgan fingerprint density at radius 1 is 1.69 bits per heavy atom. The zero-order valence-electron chi connectivity index (χ0n) is 9.48. The summed E-state index contributed by atoms with van der Waals surface area (Å²) in [6.07, 6.45) is 5.21. The molecule has 1 rings (SSSR count). The summed E-state index contributed by atoms with van der Waals surface area (Å²) in [6, 6.07) is 0. The minimum Gasteiger partial charge on any atom is -0.365 e. The van der Waals surface area contributed by atoms with Crippen LogP contribution in [0.2, 0.25) is 0 Å². The molecule has 0 bridgehead atoms. The van der Waals surface area contributed by atoms with Crippen molar-refractivity contribution in [1.82, 2.24) is 9.55 Å². The fourth-order valence-corrected chi connectivity index (χ4v) is 1.81. The fourth-order valence-electron chi connectivity index (χ4n) is 1.23. The quantitative estimate of drug-likeness (QED) is 0.580. The maximum Gasteiger partial charge on any atom is 0.293 e. The van der Waals surface area contributed by atoms with Crippen LogP contribution in [0.3, 0.4) is 0 Å². The molecule has 1 N–H and O–H groups in total. The third-order valence-corrected chi connectivity index (χ3v) is 2.99. The average molecular weight is 239 g/mol. The van der Waals surface area contributed by atoms with E-state index in [-0.39, 0.29) is 5.56 Å². The van der Waals surface area contributed by atoms with E-state index in [0.717, 1.165) is 18.1 Å². The highest BCUT2D eigenvalue weighted by molar-refractivity contribution is 7.99. The first kappa shape index (κ1) is 12.8.